The van der Waals surface area contributed by atoms with Gasteiger partial charge in [0.15, 0.2) is 5.13 Å². The maximum Gasteiger partial charge on any atom is 0.269 e. The van der Waals surface area contributed by atoms with Crippen molar-refractivity contribution in [3.8, 4) is 0 Å². The van der Waals surface area contributed by atoms with Crippen molar-refractivity contribution in [2.45, 2.75) is 18.9 Å². The minimum Gasteiger partial charge on any atom is -0.382 e. The van der Waals surface area contributed by atoms with Crippen molar-refractivity contribution < 1.29 is 9.18 Å². The number of nitrogens with zero attached hydrogens (tertiary/aromatic N) is 1. The molecule has 1 amide bonds. The highest BCUT2D eigenvalue weighted by atomic mass is 35.5. The molecule has 0 aliphatic heterocycles. The fraction of sp³-hybridized carbons (Fsp3) is 0.231. The molecule has 0 unspecified atom stereocenters. The van der Waals surface area contributed by atoms with E-state index >= 15 is 0 Å². The number of benzene rings is 1. The molecule has 21 heavy (non-hydrogen) atoms. The lowest BCUT2D eigenvalue weighted by atomic mass is 10.3. The summed E-state index contributed by atoms with van der Waals surface area (Å²) in [6, 6.07) is 4.48. The van der Waals surface area contributed by atoms with Gasteiger partial charge < -0.3 is 16.4 Å². The van der Waals surface area contributed by atoms with Crippen molar-refractivity contribution in [1.29, 1.82) is 0 Å². The van der Waals surface area contributed by atoms with Gasteiger partial charge in [-0.25, -0.2) is 9.37 Å². The van der Waals surface area contributed by atoms with Gasteiger partial charge >= 0.3 is 0 Å². The van der Waals surface area contributed by atoms with Gasteiger partial charge in [0.1, 0.15) is 16.5 Å². The van der Waals surface area contributed by atoms with Crippen LogP contribution < -0.4 is 16.4 Å². The summed E-state index contributed by atoms with van der Waals surface area (Å²) in [7, 11) is 0. The Morgan fingerprint density at radius 3 is 2.90 bits per heavy atom. The molecule has 4 N–H and O–H groups in total. The molecule has 0 bridgehead atoms. The minimum absolute atomic E-state index is 0.00113. The van der Waals surface area contributed by atoms with Gasteiger partial charge in [0.25, 0.3) is 5.91 Å². The van der Waals surface area contributed by atoms with E-state index in [2.05, 4.69) is 15.6 Å². The van der Waals surface area contributed by atoms with Crippen LogP contribution in [0.4, 0.5) is 21.0 Å². The van der Waals surface area contributed by atoms with Crippen LogP contribution in [0.5, 0.6) is 0 Å². The predicted molar refractivity (Wildman–Crippen MR) is 82.5 cm³/mol. The van der Waals surface area contributed by atoms with E-state index in [1.807, 2.05) is 0 Å². The van der Waals surface area contributed by atoms with Crippen LogP contribution in [0.25, 0.3) is 0 Å². The zero-order valence-electron chi connectivity index (χ0n) is 10.8. The predicted octanol–water partition coefficient (Wildman–Crippen LogP) is 3.34. The molecule has 1 aliphatic carbocycles. The van der Waals surface area contributed by atoms with Crippen LogP contribution in [-0.2, 0) is 0 Å². The van der Waals surface area contributed by atoms with E-state index in [1.165, 1.54) is 23.5 Å². The third-order valence-electron chi connectivity index (χ3n) is 2.94. The molecule has 110 valence electrons. The van der Waals surface area contributed by atoms with Crippen LogP contribution in [0.3, 0.4) is 0 Å². The highest BCUT2D eigenvalue weighted by Gasteiger charge is 2.24. The Hall–Kier alpha value is -1.86. The molecule has 5 nitrogen and oxygen atoms in total. The van der Waals surface area contributed by atoms with Crippen molar-refractivity contribution >= 4 is 45.5 Å². The first-order valence-corrected chi connectivity index (χ1v) is 7.51. The maximum atomic E-state index is 13.3. The first-order chi connectivity index (χ1) is 10.0. The Morgan fingerprint density at radius 1 is 1.48 bits per heavy atom. The molecule has 0 atom stereocenters. The van der Waals surface area contributed by atoms with Gasteiger partial charge in [-0.05, 0) is 31.0 Å². The third-order valence-corrected chi connectivity index (χ3v) is 4.25. The van der Waals surface area contributed by atoms with Crippen molar-refractivity contribution in [2.75, 3.05) is 16.4 Å². The van der Waals surface area contributed by atoms with Crippen LogP contribution in [0.15, 0.2) is 18.2 Å². The Labute approximate surface area is 129 Å². The van der Waals surface area contributed by atoms with Crippen LogP contribution in [0.2, 0.25) is 5.02 Å². The number of nitrogens with one attached hydrogen (secondary N) is 2. The molecule has 8 heteroatoms. The Balaban J connectivity index is 1.74. The highest BCUT2D eigenvalue weighted by molar-refractivity contribution is 7.18. The molecule has 1 heterocycles. The van der Waals surface area contributed by atoms with E-state index in [0.29, 0.717) is 21.7 Å². The van der Waals surface area contributed by atoms with Gasteiger partial charge in [-0.15, -0.1) is 0 Å². The van der Waals surface area contributed by atoms with Crippen LogP contribution in [0, 0.1) is 5.82 Å². The van der Waals surface area contributed by atoms with Crippen molar-refractivity contribution in [1.82, 2.24) is 4.98 Å². The molecular formula is C13H12ClFN4OS. The molecule has 0 saturated heterocycles. The van der Waals surface area contributed by atoms with E-state index in [4.69, 9.17) is 17.3 Å². The summed E-state index contributed by atoms with van der Waals surface area (Å²) < 4.78 is 13.3. The fourth-order valence-corrected chi connectivity index (χ4v) is 2.69. The SMILES string of the molecule is Nc1nc(NC2CC2)sc1C(=O)Nc1ccc(Cl)c(F)c1. The van der Waals surface area contributed by atoms with E-state index < -0.39 is 11.7 Å². The normalized spacial score (nSPS) is 14.0. The van der Waals surface area contributed by atoms with Crippen molar-refractivity contribution in [3.63, 3.8) is 0 Å². The maximum absolute atomic E-state index is 13.3. The topological polar surface area (TPSA) is 80.0 Å². The number of halogens is 2. The molecule has 1 aromatic heterocycles. The van der Waals surface area contributed by atoms with Gasteiger partial charge in [-0.2, -0.15) is 0 Å². The van der Waals surface area contributed by atoms with E-state index in [-0.39, 0.29) is 10.8 Å². The number of carbonyl (C=O) groups excluding carboxylic acids is 1. The number of aromatic nitrogens is 1. The first-order valence-electron chi connectivity index (χ1n) is 6.32. The summed E-state index contributed by atoms with van der Waals surface area (Å²) in [4.78, 5) is 16.6. The fourth-order valence-electron chi connectivity index (χ4n) is 1.72. The molecule has 1 saturated carbocycles. The van der Waals surface area contributed by atoms with Gasteiger partial charge in [0.2, 0.25) is 0 Å². The van der Waals surface area contributed by atoms with Gasteiger partial charge in [-0.1, -0.05) is 22.9 Å². The van der Waals surface area contributed by atoms with Crippen molar-refractivity contribution in [2.24, 2.45) is 0 Å². The Morgan fingerprint density at radius 2 is 2.24 bits per heavy atom. The second-order valence-corrected chi connectivity index (χ2v) is 6.14. The number of nitrogen functional groups attached to an aromatic ring is 1. The molecule has 1 aromatic carbocycles. The number of anilines is 3. The smallest absolute Gasteiger partial charge is 0.269 e. The molecular weight excluding hydrogens is 315 g/mol. The largest absolute Gasteiger partial charge is 0.382 e. The lowest BCUT2D eigenvalue weighted by molar-refractivity contribution is 0.103. The number of hydrogen-bond acceptors (Lipinski definition) is 5. The average Bonchev–Trinajstić information content (AvgIpc) is 3.16. The average molecular weight is 327 g/mol. The summed E-state index contributed by atoms with van der Waals surface area (Å²) in [6.45, 7) is 0. The quantitative estimate of drug-likeness (QED) is 0.805. The lowest BCUT2D eigenvalue weighted by Gasteiger charge is -2.04. The summed E-state index contributed by atoms with van der Waals surface area (Å²) >= 11 is 6.78. The van der Waals surface area contributed by atoms with Crippen LogP contribution in [-0.4, -0.2) is 16.9 Å². The van der Waals surface area contributed by atoms with Gasteiger partial charge in [0, 0.05) is 11.7 Å². The van der Waals surface area contributed by atoms with Crippen molar-refractivity contribution in [3.05, 3.63) is 33.9 Å². The number of amides is 1. The summed E-state index contributed by atoms with van der Waals surface area (Å²) in [6.07, 6.45) is 2.20. The summed E-state index contributed by atoms with van der Waals surface area (Å²) in [5, 5.41) is 6.39. The number of carbonyl (C=O) groups is 1. The lowest BCUT2D eigenvalue weighted by Crippen LogP contribution is -2.12. The molecule has 3 rings (SSSR count). The minimum atomic E-state index is -0.595. The second-order valence-electron chi connectivity index (χ2n) is 4.74. The molecule has 2 aromatic rings. The standard InChI is InChI=1S/C13H12ClFN4OS/c14-8-4-3-7(5-9(8)15)17-12(20)10-11(16)19-13(21-10)18-6-1-2-6/h3-6H,1-2,16H2,(H,17,20)(H,18,19). The highest BCUT2D eigenvalue weighted by Crippen LogP contribution is 2.31. The van der Waals surface area contributed by atoms with E-state index in [1.54, 1.807) is 0 Å². The summed E-state index contributed by atoms with van der Waals surface area (Å²) in [5.41, 5.74) is 6.06. The molecule has 1 aliphatic rings. The van der Waals surface area contributed by atoms with Crippen LogP contribution in [0.1, 0.15) is 22.5 Å². The Bertz CT molecular complexity index is 701. The summed E-state index contributed by atoms with van der Waals surface area (Å²) in [5.74, 6) is -0.853. The zero-order valence-corrected chi connectivity index (χ0v) is 12.4. The second kappa shape index (κ2) is 5.50. The van der Waals surface area contributed by atoms with Gasteiger partial charge in [0.05, 0.1) is 5.02 Å². The molecule has 0 radical (unpaired) electrons. The van der Waals surface area contributed by atoms with E-state index in [0.717, 1.165) is 18.9 Å². The molecule has 0 spiro atoms. The third kappa shape index (κ3) is 3.25. The zero-order chi connectivity index (χ0) is 15.0. The van der Waals surface area contributed by atoms with E-state index in [9.17, 15) is 9.18 Å². The van der Waals surface area contributed by atoms with Crippen LogP contribution >= 0.6 is 22.9 Å². The van der Waals surface area contributed by atoms with Gasteiger partial charge in [-0.3, -0.25) is 4.79 Å². The number of thiazole rings is 1. The monoisotopic (exact) mass is 326 g/mol. The first kappa shape index (κ1) is 14.1. The molecule has 1 fully saturated rings. The number of rotatable bonds is 4. The Kier molecular flexibility index (Phi) is 3.69. The number of hydrogen-bond donors (Lipinski definition) is 3. The number of nitrogens with two attached hydrogens (primary N) is 1.